The van der Waals surface area contributed by atoms with E-state index in [1.807, 2.05) is 48.5 Å². The van der Waals surface area contributed by atoms with Crippen LogP contribution in [0.5, 0.6) is 0 Å². The van der Waals surface area contributed by atoms with Crippen LogP contribution in [0.25, 0.3) is 0 Å². The van der Waals surface area contributed by atoms with Gasteiger partial charge in [0.15, 0.2) is 0 Å². The number of nitrogens with zero attached hydrogens (tertiary/aromatic N) is 3. The van der Waals surface area contributed by atoms with Crippen LogP contribution in [-0.4, -0.2) is 45.4 Å². The van der Waals surface area contributed by atoms with E-state index < -0.39 is 5.60 Å². The van der Waals surface area contributed by atoms with E-state index in [2.05, 4.69) is 15.5 Å². The van der Waals surface area contributed by atoms with Crippen molar-refractivity contribution >= 4 is 22.6 Å². The molecule has 0 saturated heterocycles. The van der Waals surface area contributed by atoms with E-state index in [9.17, 15) is 4.79 Å². The van der Waals surface area contributed by atoms with Gasteiger partial charge in [0.2, 0.25) is 5.13 Å². The van der Waals surface area contributed by atoms with Crippen molar-refractivity contribution in [3.8, 4) is 0 Å². The fraction of sp³-hybridized carbons (Fsp3) is 0.800. The Morgan fingerprint density at radius 2 is 1.86 bits per heavy atom. The smallest absolute Gasteiger partial charge is 0.410 e. The minimum Gasteiger partial charge on any atom is -0.444 e. The van der Waals surface area contributed by atoms with E-state index in [1.54, 1.807) is 16.2 Å². The molecule has 0 spiro atoms. The number of amides is 1. The summed E-state index contributed by atoms with van der Waals surface area (Å²) in [5.74, 6) is 0. The van der Waals surface area contributed by atoms with E-state index >= 15 is 0 Å². The molecule has 0 radical (unpaired) electrons. The lowest BCUT2D eigenvalue weighted by Gasteiger charge is -2.36. The molecular weight excluding hydrogens is 300 g/mol. The monoisotopic (exact) mass is 328 g/mol. The molecule has 0 saturated carbocycles. The van der Waals surface area contributed by atoms with Gasteiger partial charge in [-0.15, -0.1) is 10.2 Å². The minimum absolute atomic E-state index is 0.298. The van der Waals surface area contributed by atoms with Gasteiger partial charge in [-0.25, -0.2) is 4.79 Å². The van der Waals surface area contributed by atoms with E-state index in [-0.39, 0.29) is 11.6 Å². The van der Waals surface area contributed by atoms with E-state index in [4.69, 9.17) is 4.74 Å². The van der Waals surface area contributed by atoms with Crippen molar-refractivity contribution in [1.82, 2.24) is 15.1 Å². The van der Waals surface area contributed by atoms with Gasteiger partial charge >= 0.3 is 6.09 Å². The molecule has 1 amide bonds. The Morgan fingerprint density at radius 3 is 2.32 bits per heavy atom. The Labute approximate surface area is 137 Å². The predicted molar refractivity (Wildman–Crippen MR) is 90.5 cm³/mol. The molecule has 0 aliphatic carbocycles. The fourth-order valence-electron chi connectivity index (χ4n) is 1.76. The molecule has 1 aromatic heterocycles. The Bertz CT molecular complexity index is 488. The first-order valence-electron chi connectivity index (χ1n) is 7.60. The minimum atomic E-state index is -0.497. The van der Waals surface area contributed by atoms with Crippen LogP contribution < -0.4 is 5.32 Å². The van der Waals surface area contributed by atoms with Gasteiger partial charge in [0.05, 0.1) is 0 Å². The highest BCUT2D eigenvalue weighted by Gasteiger charge is 2.30. The first-order chi connectivity index (χ1) is 10.0. The highest BCUT2D eigenvalue weighted by Crippen LogP contribution is 2.19. The van der Waals surface area contributed by atoms with Crippen molar-refractivity contribution in [2.75, 3.05) is 18.4 Å². The summed E-state index contributed by atoms with van der Waals surface area (Å²) in [6.07, 6.45) is 0.582. The average molecular weight is 328 g/mol. The lowest BCUT2D eigenvalue weighted by atomic mass is 10.1. The zero-order chi connectivity index (χ0) is 17.0. The zero-order valence-corrected chi connectivity index (χ0v) is 15.5. The fourth-order valence-corrected chi connectivity index (χ4v) is 2.47. The molecule has 126 valence electrons. The summed E-state index contributed by atoms with van der Waals surface area (Å²) in [6, 6.07) is 0. The maximum atomic E-state index is 12.3. The van der Waals surface area contributed by atoms with E-state index in [1.165, 1.54) is 0 Å². The summed E-state index contributed by atoms with van der Waals surface area (Å²) in [5.41, 5.74) is -0.803. The summed E-state index contributed by atoms with van der Waals surface area (Å²) in [6.45, 7) is 14.8. The highest BCUT2D eigenvalue weighted by molar-refractivity contribution is 7.15. The Balaban J connectivity index is 2.60. The molecule has 0 aliphatic heterocycles. The van der Waals surface area contributed by atoms with Crippen LogP contribution in [0.3, 0.4) is 0 Å². The second kappa shape index (κ2) is 7.26. The van der Waals surface area contributed by atoms with Crippen LogP contribution >= 0.6 is 11.3 Å². The van der Waals surface area contributed by atoms with Crippen molar-refractivity contribution < 1.29 is 9.53 Å². The van der Waals surface area contributed by atoms with E-state index in [0.717, 1.165) is 16.6 Å². The molecule has 7 heteroatoms. The number of nitrogens with one attached hydrogen (secondary N) is 1. The van der Waals surface area contributed by atoms with Crippen molar-refractivity contribution in [2.24, 2.45) is 0 Å². The predicted octanol–water partition coefficient (Wildman–Crippen LogP) is 3.55. The van der Waals surface area contributed by atoms with Gasteiger partial charge in [-0.3, -0.25) is 0 Å². The Kier molecular flexibility index (Phi) is 6.17. The second-order valence-corrected chi connectivity index (χ2v) is 8.15. The largest absolute Gasteiger partial charge is 0.444 e. The van der Waals surface area contributed by atoms with Crippen molar-refractivity contribution in [2.45, 2.75) is 66.0 Å². The summed E-state index contributed by atoms with van der Waals surface area (Å²) in [7, 11) is 0. The Morgan fingerprint density at radius 1 is 1.23 bits per heavy atom. The van der Waals surface area contributed by atoms with Gasteiger partial charge in [0, 0.05) is 18.6 Å². The van der Waals surface area contributed by atoms with Crippen molar-refractivity contribution in [3.05, 3.63) is 5.01 Å². The molecule has 0 atom stereocenters. The van der Waals surface area contributed by atoms with Gasteiger partial charge in [-0.2, -0.15) is 0 Å². The molecule has 0 bridgehead atoms. The van der Waals surface area contributed by atoms with Crippen molar-refractivity contribution in [3.63, 3.8) is 0 Å². The second-order valence-electron chi connectivity index (χ2n) is 7.08. The summed E-state index contributed by atoms with van der Waals surface area (Å²) in [5, 5.41) is 13.1. The lowest BCUT2D eigenvalue weighted by Crippen LogP contribution is -2.49. The quantitative estimate of drug-likeness (QED) is 0.895. The number of carbonyl (C=O) groups is 1. The molecule has 1 N–H and O–H groups in total. The normalized spacial score (nSPS) is 12.1. The summed E-state index contributed by atoms with van der Waals surface area (Å²) < 4.78 is 5.48. The summed E-state index contributed by atoms with van der Waals surface area (Å²) in [4.78, 5) is 14.1. The third-order valence-electron chi connectivity index (χ3n) is 2.80. The average Bonchev–Trinajstić information content (AvgIpc) is 2.78. The van der Waals surface area contributed by atoms with Crippen LogP contribution in [0.15, 0.2) is 0 Å². The Hall–Kier alpha value is -1.37. The third kappa shape index (κ3) is 6.17. The van der Waals surface area contributed by atoms with Gasteiger partial charge in [0.25, 0.3) is 0 Å². The molecule has 0 unspecified atom stereocenters. The molecule has 6 nitrogen and oxygen atoms in total. The number of hydrogen-bond donors (Lipinski definition) is 1. The van der Waals surface area contributed by atoms with Gasteiger partial charge in [-0.1, -0.05) is 18.3 Å². The number of aryl methyl sites for hydroxylation is 1. The van der Waals surface area contributed by atoms with Gasteiger partial charge in [-0.05, 0) is 48.0 Å². The number of carbonyl (C=O) groups excluding carboxylic acids is 1. The molecule has 1 heterocycles. The zero-order valence-electron chi connectivity index (χ0n) is 14.7. The third-order valence-corrected chi connectivity index (χ3v) is 3.83. The standard InChI is InChI=1S/C15H28N4O2S/c1-8-11-17-18-12(22-11)16-9-10-19(14(2,3)4)13(20)21-15(5,6)7/h8-10H2,1-7H3,(H,16,18). The number of hydrogen-bond acceptors (Lipinski definition) is 6. The number of anilines is 1. The highest BCUT2D eigenvalue weighted by atomic mass is 32.1. The molecule has 1 aromatic rings. The first kappa shape index (κ1) is 18.7. The van der Waals surface area contributed by atoms with E-state index in [0.29, 0.717) is 13.1 Å². The molecule has 22 heavy (non-hydrogen) atoms. The summed E-state index contributed by atoms with van der Waals surface area (Å²) >= 11 is 1.54. The molecular formula is C15H28N4O2S. The van der Waals surface area contributed by atoms with Crippen LogP contribution in [0.1, 0.15) is 53.5 Å². The van der Waals surface area contributed by atoms with Gasteiger partial charge in [0.1, 0.15) is 10.6 Å². The molecule has 0 aromatic carbocycles. The maximum absolute atomic E-state index is 12.3. The molecule has 0 fully saturated rings. The topological polar surface area (TPSA) is 67.4 Å². The van der Waals surface area contributed by atoms with Crippen LogP contribution in [-0.2, 0) is 11.2 Å². The number of rotatable bonds is 5. The SMILES string of the molecule is CCc1nnc(NCCN(C(=O)OC(C)(C)C)C(C)(C)C)s1. The maximum Gasteiger partial charge on any atom is 0.410 e. The first-order valence-corrected chi connectivity index (χ1v) is 8.41. The van der Waals surface area contributed by atoms with Crippen LogP contribution in [0.4, 0.5) is 9.93 Å². The van der Waals surface area contributed by atoms with Crippen LogP contribution in [0.2, 0.25) is 0 Å². The molecule has 0 aliphatic rings. The van der Waals surface area contributed by atoms with Crippen LogP contribution in [0, 0.1) is 0 Å². The van der Waals surface area contributed by atoms with Crippen molar-refractivity contribution in [1.29, 1.82) is 0 Å². The lowest BCUT2D eigenvalue weighted by molar-refractivity contribution is 0.00749. The number of ether oxygens (including phenoxy) is 1. The van der Waals surface area contributed by atoms with Gasteiger partial charge < -0.3 is 15.0 Å². The molecule has 1 rings (SSSR count). The number of aromatic nitrogens is 2.